The number of pyridine rings is 1. The number of aryl methyl sites for hydroxylation is 1. The molecule has 0 radical (unpaired) electrons. The number of nitrogens with zero attached hydrogens (tertiary/aromatic N) is 5. The Morgan fingerprint density at radius 3 is 2.85 bits per heavy atom. The molecule has 2 aliphatic rings. The highest BCUT2D eigenvalue weighted by Crippen LogP contribution is 2.29. The lowest BCUT2D eigenvalue weighted by atomic mass is 9.89. The van der Waals surface area contributed by atoms with Crippen LogP contribution in [0.25, 0.3) is 17.2 Å². The minimum Gasteiger partial charge on any atom is -0.356 e. The van der Waals surface area contributed by atoms with Crippen LogP contribution in [0.3, 0.4) is 0 Å². The number of rotatable bonds is 2. The van der Waals surface area contributed by atoms with E-state index in [9.17, 15) is 9.59 Å². The maximum Gasteiger partial charge on any atom is 0.255 e. The van der Waals surface area contributed by atoms with Gasteiger partial charge in [0.1, 0.15) is 0 Å². The van der Waals surface area contributed by atoms with Crippen molar-refractivity contribution in [2.75, 3.05) is 19.6 Å². The average Bonchev–Trinajstić information content (AvgIpc) is 3.37. The largest absolute Gasteiger partial charge is 0.356 e. The van der Waals surface area contributed by atoms with Gasteiger partial charge in [0.2, 0.25) is 5.91 Å². The third kappa shape index (κ3) is 2.59. The van der Waals surface area contributed by atoms with E-state index in [1.54, 1.807) is 6.07 Å². The van der Waals surface area contributed by atoms with E-state index in [1.165, 1.54) is 0 Å². The Hall–Kier alpha value is -3.16. The average molecular weight is 364 g/mol. The lowest BCUT2D eigenvalue weighted by Crippen LogP contribution is -2.40. The summed E-state index contributed by atoms with van der Waals surface area (Å²) in [5, 5.41) is 11.4. The summed E-state index contributed by atoms with van der Waals surface area (Å²) in [4.78, 5) is 26.5. The Labute approximate surface area is 155 Å². The summed E-state index contributed by atoms with van der Waals surface area (Å²) in [6, 6.07) is 7.54. The minimum atomic E-state index is -0.00900. The molecule has 5 heterocycles. The Morgan fingerprint density at radius 2 is 2.04 bits per heavy atom. The van der Waals surface area contributed by atoms with E-state index in [1.807, 2.05) is 51.5 Å². The first-order chi connectivity index (χ1) is 13.1. The first-order valence-corrected chi connectivity index (χ1v) is 9.12. The van der Waals surface area contributed by atoms with E-state index in [2.05, 4.69) is 15.5 Å². The van der Waals surface area contributed by atoms with Crippen molar-refractivity contribution in [3.63, 3.8) is 0 Å². The molecule has 0 aliphatic carbocycles. The molecule has 0 unspecified atom stereocenters. The molecule has 1 N–H and O–H groups in total. The number of likely N-dealkylation sites (tertiary alicyclic amines) is 1. The van der Waals surface area contributed by atoms with Crippen LogP contribution < -0.4 is 5.32 Å². The molecule has 27 heavy (non-hydrogen) atoms. The third-order valence-electron chi connectivity index (χ3n) is 5.69. The normalized spacial score (nSPS) is 22.1. The molecule has 2 aliphatic heterocycles. The van der Waals surface area contributed by atoms with E-state index in [0.717, 1.165) is 5.69 Å². The number of hydrogen-bond donors (Lipinski definition) is 1. The molecule has 2 fully saturated rings. The minimum absolute atomic E-state index is 0.00900. The van der Waals surface area contributed by atoms with Crippen LogP contribution in [0.1, 0.15) is 16.8 Å². The van der Waals surface area contributed by atoms with Crippen molar-refractivity contribution >= 4 is 17.5 Å². The van der Waals surface area contributed by atoms with Gasteiger partial charge >= 0.3 is 0 Å². The second-order valence-electron chi connectivity index (χ2n) is 7.41. The smallest absolute Gasteiger partial charge is 0.255 e. The second-order valence-corrected chi connectivity index (χ2v) is 7.41. The van der Waals surface area contributed by atoms with Crippen LogP contribution in [0.5, 0.6) is 0 Å². The maximum atomic E-state index is 13.1. The SMILES string of the molecule is Cn1cccc1-c1nnc2ccc(C(=O)N3C[C@H]4CC(=O)NC[C@H]4C3)cn12. The molecule has 0 spiro atoms. The standard InChI is InChI=1S/C19H20N6O2/c1-23-6-2-3-15(23)18-22-21-16-5-4-12(11-25(16)18)19(27)24-9-13-7-17(26)20-8-14(13)10-24/h2-6,11,13-14H,7-10H2,1H3,(H,20,26)/t13-,14+/m1/s1. The lowest BCUT2D eigenvalue weighted by Gasteiger charge is -2.23. The van der Waals surface area contributed by atoms with Gasteiger partial charge in [-0.15, -0.1) is 10.2 Å². The molecule has 0 bridgehead atoms. The van der Waals surface area contributed by atoms with Crippen LogP contribution in [0, 0.1) is 11.8 Å². The monoisotopic (exact) mass is 364 g/mol. The Morgan fingerprint density at radius 1 is 1.19 bits per heavy atom. The van der Waals surface area contributed by atoms with Crippen molar-refractivity contribution in [2.24, 2.45) is 18.9 Å². The number of hydrogen-bond acceptors (Lipinski definition) is 4. The van der Waals surface area contributed by atoms with Crippen molar-refractivity contribution < 1.29 is 9.59 Å². The van der Waals surface area contributed by atoms with Gasteiger partial charge in [0.25, 0.3) is 5.91 Å². The number of fused-ring (bicyclic) bond motifs is 2. The highest BCUT2D eigenvalue weighted by Gasteiger charge is 2.39. The van der Waals surface area contributed by atoms with Gasteiger partial charge in [0.05, 0.1) is 11.3 Å². The van der Waals surface area contributed by atoms with Crippen molar-refractivity contribution in [2.45, 2.75) is 6.42 Å². The fourth-order valence-corrected chi connectivity index (χ4v) is 4.19. The van der Waals surface area contributed by atoms with E-state index in [-0.39, 0.29) is 17.7 Å². The van der Waals surface area contributed by atoms with Crippen LogP contribution in [0.15, 0.2) is 36.7 Å². The molecule has 0 saturated carbocycles. The zero-order valence-corrected chi connectivity index (χ0v) is 15.0. The third-order valence-corrected chi connectivity index (χ3v) is 5.69. The Kier molecular flexibility index (Phi) is 3.53. The fourth-order valence-electron chi connectivity index (χ4n) is 4.19. The molecule has 138 valence electrons. The molecule has 2 amide bonds. The highest BCUT2D eigenvalue weighted by atomic mass is 16.2. The number of piperidine rings is 1. The zero-order chi connectivity index (χ0) is 18.5. The molecule has 2 saturated heterocycles. The van der Waals surface area contributed by atoms with Crippen LogP contribution in [-0.2, 0) is 11.8 Å². The molecule has 8 heteroatoms. The van der Waals surface area contributed by atoms with E-state index < -0.39 is 0 Å². The van der Waals surface area contributed by atoms with Crippen molar-refractivity contribution in [1.29, 1.82) is 0 Å². The quantitative estimate of drug-likeness (QED) is 0.734. The number of aromatic nitrogens is 4. The summed E-state index contributed by atoms with van der Waals surface area (Å²) >= 11 is 0. The number of carbonyl (C=O) groups excluding carboxylic acids is 2. The number of carbonyl (C=O) groups is 2. The molecule has 5 rings (SSSR count). The summed E-state index contributed by atoms with van der Waals surface area (Å²) < 4.78 is 3.83. The van der Waals surface area contributed by atoms with Crippen LogP contribution in [-0.4, -0.2) is 55.5 Å². The van der Waals surface area contributed by atoms with Crippen LogP contribution in [0.4, 0.5) is 0 Å². The summed E-state index contributed by atoms with van der Waals surface area (Å²) in [5.41, 5.74) is 2.24. The summed E-state index contributed by atoms with van der Waals surface area (Å²) in [6.45, 7) is 1.99. The predicted molar refractivity (Wildman–Crippen MR) is 97.9 cm³/mol. The summed E-state index contributed by atoms with van der Waals surface area (Å²) in [5.74, 6) is 1.40. The second kappa shape index (κ2) is 5.94. The molecule has 3 aromatic heterocycles. The van der Waals surface area contributed by atoms with Gasteiger partial charge in [-0.3, -0.25) is 14.0 Å². The van der Waals surface area contributed by atoms with Gasteiger partial charge in [-0.2, -0.15) is 0 Å². The predicted octanol–water partition coefficient (Wildman–Crippen LogP) is 0.943. The van der Waals surface area contributed by atoms with E-state index >= 15 is 0 Å². The van der Waals surface area contributed by atoms with Gasteiger partial charge in [0, 0.05) is 45.5 Å². The maximum absolute atomic E-state index is 13.1. The lowest BCUT2D eigenvalue weighted by molar-refractivity contribution is -0.124. The van der Waals surface area contributed by atoms with Gasteiger partial charge in [-0.25, -0.2) is 0 Å². The van der Waals surface area contributed by atoms with Crippen LogP contribution >= 0.6 is 0 Å². The van der Waals surface area contributed by atoms with Crippen molar-refractivity contribution in [3.05, 3.63) is 42.2 Å². The molecular formula is C19H20N6O2. The molecule has 2 atom stereocenters. The Balaban J connectivity index is 1.46. The molecular weight excluding hydrogens is 344 g/mol. The van der Waals surface area contributed by atoms with Gasteiger partial charge in [-0.05, 0) is 36.1 Å². The Bertz CT molecular complexity index is 1050. The first kappa shape index (κ1) is 16.0. The van der Waals surface area contributed by atoms with Crippen molar-refractivity contribution in [3.8, 4) is 11.5 Å². The number of nitrogens with one attached hydrogen (secondary N) is 1. The zero-order valence-electron chi connectivity index (χ0n) is 15.0. The van der Waals surface area contributed by atoms with Crippen molar-refractivity contribution in [1.82, 2.24) is 29.4 Å². The van der Waals surface area contributed by atoms with Gasteiger partial charge in [0.15, 0.2) is 11.5 Å². The van der Waals surface area contributed by atoms with Gasteiger partial charge < -0.3 is 14.8 Å². The van der Waals surface area contributed by atoms with Crippen LogP contribution in [0.2, 0.25) is 0 Å². The highest BCUT2D eigenvalue weighted by molar-refractivity contribution is 5.94. The first-order valence-electron chi connectivity index (χ1n) is 9.12. The topological polar surface area (TPSA) is 84.5 Å². The molecule has 8 nitrogen and oxygen atoms in total. The molecule has 3 aromatic rings. The summed E-state index contributed by atoms with van der Waals surface area (Å²) in [6.07, 6.45) is 4.27. The van der Waals surface area contributed by atoms with E-state index in [4.69, 9.17) is 0 Å². The fraction of sp³-hybridized carbons (Fsp3) is 0.368. The number of amides is 2. The molecule has 0 aromatic carbocycles. The van der Waals surface area contributed by atoms with Gasteiger partial charge in [-0.1, -0.05) is 0 Å². The summed E-state index contributed by atoms with van der Waals surface area (Å²) in [7, 11) is 1.95. The van der Waals surface area contributed by atoms with E-state index in [0.29, 0.717) is 49.0 Å².